The maximum Gasteiger partial charge on any atom is 0.371 e. The Hall–Kier alpha value is -3.16. The number of carbonyl (C=O) groups is 3. The van der Waals surface area contributed by atoms with E-state index in [2.05, 4.69) is 0 Å². The number of halogens is 1. The Kier molecular flexibility index (Phi) is 4.75. The van der Waals surface area contributed by atoms with Crippen LogP contribution >= 0.6 is 0 Å². The molecule has 26 heavy (non-hydrogen) atoms. The van der Waals surface area contributed by atoms with Crippen molar-refractivity contribution in [1.82, 2.24) is 4.90 Å². The maximum atomic E-state index is 14.2. The van der Waals surface area contributed by atoms with E-state index in [9.17, 15) is 18.8 Å². The second-order valence-electron chi connectivity index (χ2n) is 5.97. The summed E-state index contributed by atoms with van der Waals surface area (Å²) in [4.78, 5) is 37.8. The Morgan fingerprint density at radius 2 is 1.69 bits per heavy atom. The summed E-state index contributed by atoms with van der Waals surface area (Å²) < 4.78 is 19.3. The molecule has 136 valence electrons. The zero-order chi connectivity index (χ0) is 18.8. The zero-order valence-electron chi connectivity index (χ0n) is 14.1. The molecule has 1 aromatic carbocycles. The second-order valence-corrected chi connectivity index (χ2v) is 5.97. The highest BCUT2D eigenvalue weighted by Crippen LogP contribution is 2.23. The summed E-state index contributed by atoms with van der Waals surface area (Å²) >= 11 is 0. The first-order chi connectivity index (χ1) is 12.4. The van der Waals surface area contributed by atoms with E-state index in [1.807, 2.05) is 0 Å². The number of carboxylic acid groups (broad SMARTS) is 1. The fourth-order valence-electron chi connectivity index (χ4n) is 2.86. The van der Waals surface area contributed by atoms with E-state index >= 15 is 0 Å². The van der Waals surface area contributed by atoms with Crippen LogP contribution in [0.15, 0.2) is 34.7 Å². The molecule has 0 spiro atoms. The molecular weight excluding hydrogens is 343 g/mol. The lowest BCUT2D eigenvalue weighted by Gasteiger charge is -2.35. The van der Waals surface area contributed by atoms with Crippen molar-refractivity contribution in [2.45, 2.75) is 6.92 Å². The van der Waals surface area contributed by atoms with Crippen molar-refractivity contribution in [3.8, 4) is 0 Å². The summed E-state index contributed by atoms with van der Waals surface area (Å²) in [6.07, 6.45) is 0. The molecule has 0 radical (unpaired) electrons. The first kappa shape index (κ1) is 17.7. The molecule has 1 aliphatic rings. The quantitative estimate of drug-likeness (QED) is 0.841. The predicted molar refractivity (Wildman–Crippen MR) is 90.2 cm³/mol. The average molecular weight is 360 g/mol. The van der Waals surface area contributed by atoms with Gasteiger partial charge < -0.3 is 19.3 Å². The molecule has 0 atom stereocenters. The van der Waals surface area contributed by atoms with E-state index in [0.29, 0.717) is 37.4 Å². The summed E-state index contributed by atoms with van der Waals surface area (Å²) in [5.74, 6) is -2.64. The minimum Gasteiger partial charge on any atom is -0.475 e. The van der Waals surface area contributed by atoms with Crippen LogP contribution in [0, 0.1) is 5.82 Å². The van der Waals surface area contributed by atoms with Crippen LogP contribution in [0.5, 0.6) is 0 Å². The Labute approximate surface area is 148 Å². The van der Waals surface area contributed by atoms with Crippen LogP contribution in [0.4, 0.5) is 10.1 Å². The van der Waals surface area contributed by atoms with Gasteiger partial charge in [0.15, 0.2) is 11.5 Å². The molecular formula is C18H17FN2O5. The molecule has 0 bridgehead atoms. The molecule has 1 aliphatic heterocycles. The van der Waals surface area contributed by atoms with Crippen molar-refractivity contribution in [3.63, 3.8) is 0 Å². The minimum atomic E-state index is -1.24. The molecule has 0 aliphatic carbocycles. The molecule has 1 amide bonds. The van der Waals surface area contributed by atoms with Crippen LogP contribution in [0.2, 0.25) is 0 Å². The number of carboxylic acids is 1. The number of furan rings is 1. The summed E-state index contributed by atoms with van der Waals surface area (Å²) in [6.45, 7) is 2.89. The van der Waals surface area contributed by atoms with Gasteiger partial charge in [-0.1, -0.05) is 0 Å². The third-order valence-corrected chi connectivity index (χ3v) is 4.29. The number of carbonyl (C=O) groups excluding carboxylic acids is 2. The van der Waals surface area contributed by atoms with Crippen LogP contribution in [-0.4, -0.2) is 53.8 Å². The predicted octanol–water partition coefficient (Wildman–Crippen LogP) is 2.28. The van der Waals surface area contributed by atoms with E-state index in [1.165, 1.54) is 30.0 Å². The lowest BCUT2D eigenvalue weighted by atomic mass is 10.1. The van der Waals surface area contributed by atoms with Gasteiger partial charge in [-0.25, -0.2) is 9.18 Å². The van der Waals surface area contributed by atoms with Crippen molar-refractivity contribution in [2.24, 2.45) is 0 Å². The fraction of sp³-hybridized carbons (Fsp3) is 0.278. The molecule has 2 heterocycles. The molecule has 7 nitrogen and oxygen atoms in total. The van der Waals surface area contributed by atoms with Gasteiger partial charge >= 0.3 is 5.97 Å². The Morgan fingerprint density at radius 1 is 1.04 bits per heavy atom. The van der Waals surface area contributed by atoms with Crippen LogP contribution < -0.4 is 4.90 Å². The number of rotatable bonds is 4. The number of amides is 1. The summed E-state index contributed by atoms with van der Waals surface area (Å²) in [6, 6.07) is 6.92. The monoisotopic (exact) mass is 360 g/mol. The smallest absolute Gasteiger partial charge is 0.371 e. The first-order valence-electron chi connectivity index (χ1n) is 8.04. The van der Waals surface area contributed by atoms with Gasteiger partial charge in [0.1, 0.15) is 5.82 Å². The van der Waals surface area contributed by atoms with Crippen molar-refractivity contribution in [3.05, 3.63) is 53.2 Å². The van der Waals surface area contributed by atoms with E-state index in [4.69, 9.17) is 9.52 Å². The zero-order valence-corrected chi connectivity index (χ0v) is 14.1. The summed E-state index contributed by atoms with van der Waals surface area (Å²) in [7, 11) is 0. The third-order valence-electron chi connectivity index (χ3n) is 4.29. The molecule has 2 aromatic rings. The SMILES string of the molecule is CC(=O)c1ccc(N2CCN(C(=O)c3ccc(C(=O)O)o3)CC2)c(F)c1. The summed E-state index contributed by atoms with van der Waals surface area (Å²) in [5.41, 5.74) is 0.695. The van der Waals surface area contributed by atoms with Crippen LogP contribution in [-0.2, 0) is 0 Å². The lowest BCUT2D eigenvalue weighted by Crippen LogP contribution is -2.49. The van der Waals surface area contributed by atoms with Crippen LogP contribution in [0.3, 0.4) is 0 Å². The number of anilines is 1. The number of hydrogen-bond acceptors (Lipinski definition) is 5. The largest absolute Gasteiger partial charge is 0.475 e. The first-order valence-corrected chi connectivity index (χ1v) is 8.04. The number of nitrogens with zero attached hydrogens (tertiary/aromatic N) is 2. The third kappa shape index (κ3) is 3.44. The van der Waals surface area contributed by atoms with E-state index in [1.54, 1.807) is 17.0 Å². The van der Waals surface area contributed by atoms with E-state index in [0.717, 1.165) is 0 Å². The highest BCUT2D eigenvalue weighted by atomic mass is 19.1. The highest BCUT2D eigenvalue weighted by Gasteiger charge is 2.26. The maximum absolute atomic E-state index is 14.2. The molecule has 1 fully saturated rings. The van der Waals surface area contributed by atoms with Crippen molar-refractivity contribution >= 4 is 23.3 Å². The molecule has 0 unspecified atom stereocenters. The minimum absolute atomic E-state index is 0.0344. The van der Waals surface area contributed by atoms with E-state index in [-0.39, 0.29) is 17.3 Å². The molecule has 1 aromatic heterocycles. The average Bonchev–Trinajstić information content (AvgIpc) is 3.11. The fourth-order valence-corrected chi connectivity index (χ4v) is 2.86. The highest BCUT2D eigenvalue weighted by molar-refractivity contribution is 5.95. The number of hydrogen-bond donors (Lipinski definition) is 1. The summed E-state index contributed by atoms with van der Waals surface area (Å²) in [5, 5.41) is 8.85. The van der Waals surface area contributed by atoms with Gasteiger partial charge in [0, 0.05) is 31.7 Å². The lowest BCUT2D eigenvalue weighted by molar-refractivity contribution is 0.0647. The Morgan fingerprint density at radius 3 is 2.23 bits per heavy atom. The molecule has 8 heteroatoms. The van der Waals surface area contributed by atoms with Crippen molar-refractivity contribution < 1.29 is 28.3 Å². The number of Topliss-reactive ketones (excluding diaryl/α,β-unsaturated/α-hetero) is 1. The normalized spacial score (nSPS) is 14.4. The number of aromatic carboxylic acids is 1. The molecule has 0 saturated carbocycles. The van der Waals surface area contributed by atoms with Gasteiger partial charge in [0.05, 0.1) is 5.69 Å². The van der Waals surface area contributed by atoms with Gasteiger partial charge in [-0.15, -0.1) is 0 Å². The van der Waals surface area contributed by atoms with Gasteiger partial charge in [0.2, 0.25) is 5.76 Å². The van der Waals surface area contributed by atoms with Crippen LogP contribution in [0.1, 0.15) is 38.4 Å². The molecule has 3 rings (SSSR count). The van der Waals surface area contributed by atoms with Gasteiger partial charge in [-0.3, -0.25) is 9.59 Å². The Bertz CT molecular complexity index is 868. The number of ketones is 1. The molecule has 1 saturated heterocycles. The number of piperazine rings is 1. The molecule has 1 N–H and O–H groups in total. The second kappa shape index (κ2) is 6.99. The van der Waals surface area contributed by atoms with Crippen molar-refractivity contribution in [1.29, 1.82) is 0 Å². The van der Waals surface area contributed by atoms with Crippen molar-refractivity contribution in [2.75, 3.05) is 31.1 Å². The van der Waals surface area contributed by atoms with Crippen LogP contribution in [0.25, 0.3) is 0 Å². The standard InChI is InChI=1S/C18H17FN2O5/c1-11(22)12-2-3-14(13(19)10-12)20-6-8-21(9-7-20)17(23)15-4-5-16(26-15)18(24)25/h2-5,10H,6-9H2,1H3,(H,24,25). The number of benzene rings is 1. The topological polar surface area (TPSA) is 91.1 Å². The van der Waals surface area contributed by atoms with Gasteiger partial charge in [-0.2, -0.15) is 0 Å². The van der Waals surface area contributed by atoms with E-state index < -0.39 is 17.7 Å². The Balaban J connectivity index is 1.66. The van der Waals surface area contributed by atoms with Gasteiger partial charge in [0.25, 0.3) is 5.91 Å². The van der Waals surface area contributed by atoms with Gasteiger partial charge in [-0.05, 0) is 37.3 Å².